The van der Waals surface area contributed by atoms with Crippen molar-refractivity contribution in [1.29, 1.82) is 0 Å². The van der Waals surface area contributed by atoms with Crippen LogP contribution in [0.15, 0.2) is 97.6 Å². The van der Waals surface area contributed by atoms with Gasteiger partial charge < -0.3 is 0 Å². The topological polar surface area (TPSA) is 23.5 Å². The number of allylic oxidation sites excluding steroid dienone is 4. The average molecular weight is 438 g/mol. The molecule has 0 fully saturated rings. The molecule has 2 nitrogen and oxygen atoms in total. The summed E-state index contributed by atoms with van der Waals surface area (Å²) in [5, 5.41) is 10.8. The molecule has 0 bridgehead atoms. The van der Waals surface area contributed by atoms with E-state index in [-0.39, 0.29) is 5.92 Å². The van der Waals surface area contributed by atoms with Crippen LogP contribution in [-0.4, -0.2) is 36.2 Å². The van der Waals surface area contributed by atoms with Gasteiger partial charge in [-0.3, -0.25) is 0 Å². The Bertz CT molecular complexity index is 741. The van der Waals surface area contributed by atoms with E-state index in [2.05, 4.69) is 75.6 Å². The van der Waals surface area contributed by atoms with Gasteiger partial charge in [0.2, 0.25) is 0 Å². The van der Waals surface area contributed by atoms with Gasteiger partial charge in [-0.25, -0.2) is 0 Å². The summed E-state index contributed by atoms with van der Waals surface area (Å²) in [6.07, 6.45) is 9.60. The molecule has 1 N–H and O–H groups in total. The monoisotopic (exact) mass is 439 g/mol. The molecule has 28 heavy (non-hydrogen) atoms. The second kappa shape index (κ2) is 12.3. The van der Waals surface area contributed by atoms with Crippen LogP contribution >= 0.6 is 0 Å². The Labute approximate surface area is 177 Å². The van der Waals surface area contributed by atoms with Crippen LogP contribution in [0.4, 0.5) is 0 Å². The van der Waals surface area contributed by atoms with Gasteiger partial charge in [0.15, 0.2) is 0 Å². The van der Waals surface area contributed by atoms with Crippen molar-refractivity contribution in [1.82, 2.24) is 4.90 Å². The quantitative estimate of drug-likeness (QED) is 0.313. The third kappa shape index (κ3) is 7.09. The van der Waals surface area contributed by atoms with Gasteiger partial charge >= 0.3 is 177 Å². The van der Waals surface area contributed by atoms with Gasteiger partial charge in [0.25, 0.3) is 0 Å². The first-order valence-electron chi connectivity index (χ1n) is 9.60. The fraction of sp³-hybridized carbons (Fsp3) is 0.240. The van der Waals surface area contributed by atoms with Gasteiger partial charge in [-0.05, 0) is 0 Å². The SMILES string of the molecule is C=CC[C@H](C(=[Se])N(Cc1ccccc1)Cc1ccccc1)[C@H](O)/C=C/C=C/C. The normalized spacial score (nSPS) is 13.5. The third-order valence-corrected chi connectivity index (χ3v) is 5.68. The Hall–Kier alpha value is -2.19. The molecule has 0 aliphatic carbocycles. The first-order valence-corrected chi connectivity index (χ1v) is 10.5. The molecule has 0 aliphatic heterocycles. The van der Waals surface area contributed by atoms with Crippen LogP contribution < -0.4 is 0 Å². The summed E-state index contributed by atoms with van der Waals surface area (Å²) >= 11 is 3.26. The van der Waals surface area contributed by atoms with Gasteiger partial charge in [-0.2, -0.15) is 0 Å². The van der Waals surface area contributed by atoms with Gasteiger partial charge in [-0.1, -0.05) is 0 Å². The first-order chi connectivity index (χ1) is 13.7. The number of benzene rings is 2. The van der Waals surface area contributed by atoms with E-state index in [9.17, 15) is 5.11 Å². The predicted molar refractivity (Wildman–Crippen MR) is 121 cm³/mol. The Kier molecular flexibility index (Phi) is 9.71. The van der Waals surface area contributed by atoms with E-state index in [0.29, 0.717) is 6.42 Å². The van der Waals surface area contributed by atoms with E-state index in [0.717, 1.165) is 17.6 Å². The van der Waals surface area contributed by atoms with Crippen molar-refractivity contribution in [2.45, 2.75) is 32.5 Å². The summed E-state index contributed by atoms with van der Waals surface area (Å²) in [7, 11) is 0. The minimum atomic E-state index is -0.584. The van der Waals surface area contributed by atoms with E-state index < -0.39 is 6.10 Å². The Balaban J connectivity index is 2.26. The number of nitrogens with zero attached hydrogens (tertiary/aromatic N) is 1. The summed E-state index contributed by atoms with van der Waals surface area (Å²) in [5.41, 5.74) is 2.48. The molecule has 2 rings (SSSR count). The van der Waals surface area contributed by atoms with E-state index >= 15 is 0 Å². The standard InChI is InChI=1S/C25H29NOSe/c1-3-5-8-18-24(27)23(13-4-2)25(28)26(19-21-14-9-6-10-15-21)20-22-16-11-7-12-17-22/h3-12,14-18,23-24,27H,2,13,19-20H2,1H3/b5-3+,18-8+/t23-,24+/m0/s1. The first kappa shape index (κ1) is 22.1. The molecule has 2 aromatic carbocycles. The number of hydrogen-bond acceptors (Lipinski definition) is 2. The molecule has 0 aliphatic rings. The molecule has 3 heteroatoms. The summed E-state index contributed by atoms with van der Waals surface area (Å²) in [5.74, 6) is -0.0635. The zero-order valence-electron chi connectivity index (χ0n) is 16.4. The van der Waals surface area contributed by atoms with Crippen molar-refractivity contribution in [2.24, 2.45) is 5.92 Å². The summed E-state index contributed by atoms with van der Waals surface area (Å²) < 4.78 is 1.05. The second-order valence-corrected chi connectivity index (χ2v) is 7.58. The fourth-order valence-electron chi connectivity index (χ4n) is 3.04. The maximum absolute atomic E-state index is 10.8. The number of hydrogen-bond donors (Lipinski definition) is 1. The summed E-state index contributed by atoms with van der Waals surface area (Å²) in [6.45, 7) is 7.41. The number of rotatable bonds is 11. The van der Waals surface area contributed by atoms with Crippen molar-refractivity contribution >= 4 is 20.1 Å². The van der Waals surface area contributed by atoms with E-state index in [1.54, 1.807) is 0 Å². The molecular weight excluding hydrogens is 409 g/mol. The molecule has 2 aromatic rings. The van der Waals surface area contributed by atoms with E-state index in [4.69, 9.17) is 0 Å². The third-order valence-electron chi connectivity index (χ3n) is 4.51. The molecule has 0 aromatic heterocycles. The van der Waals surface area contributed by atoms with Crippen LogP contribution in [0.3, 0.4) is 0 Å². The van der Waals surface area contributed by atoms with Crippen LogP contribution in [0.25, 0.3) is 0 Å². The number of aliphatic hydroxyl groups excluding tert-OH is 1. The summed E-state index contributed by atoms with van der Waals surface area (Å²) in [6, 6.07) is 20.8. The molecule has 0 saturated carbocycles. The molecule has 0 spiro atoms. The minimum absolute atomic E-state index is 0.0635. The average Bonchev–Trinajstić information content (AvgIpc) is 2.72. The summed E-state index contributed by atoms with van der Waals surface area (Å²) in [4.78, 5) is 2.31. The van der Waals surface area contributed by atoms with Crippen LogP contribution in [0.1, 0.15) is 24.5 Å². The molecule has 2 atom stereocenters. The van der Waals surface area contributed by atoms with Crippen LogP contribution in [0, 0.1) is 5.92 Å². The molecule has 0 heterocycles. The zero-order valence-corrected chi connectivity index (χ0v) is 18.2. The van der Waals surface area contributed by atoms with Crippen LogP contribution in [-0.2, 0) is 13.1 Å². The van der Waals surface area contributed by atoms with Crippen molar-refractivity contribution < 1.29 is 5.11 Å². The molecular formula is C25H29NOSe. The van der Waals surface area contributed by atoms with Crippen LogP contribution in [0.5, 0.6) is 0 Å². The zero-order chi connectivity index (χ0) is 20.2. The van der Waals surface area contributed by atoms with Crippen molar-refractivity contribution in [3.05, 3.63) is 109 Å². The van der Waals surface area contributed by atoms with Crippen molar-refractivity contribution in [3.63, 3.8) is 0 Å². The molecule has 0 amide bonds. The van der Waals surface area contributed by atoms with E-state index in [1.807, 2.05) is 49.4 Å². The van der Waals surface area contributed by atoms with Gasteiger partial charge in [0.05, 0.1) is 0 Å². The second-order valence-electron chi connectivity index (χ2n) is 6.70. The number of aliphatic hydroxyl groups is 1. The maximum atomic E-state index is 10.8. The van der Waals surface area contributed by atoms with Gasteiger partial charge in [0.1, 0.15) is 0 Å². The molecule has 0 saturated heterocycles. The molecule has 146 valence electrons. The van der Waals surface area contributed by atoms with Gasteiger partial charge in [-0.15, -0.1) is 0 Å². The van der Waals surface area contributed by atoms with E-state index in [1.165, 1.54) is 11.1 Å². The molecule has 0 radical (unpaired) electrons. The van der Waals surface area contributed by atoms with Gasteiger partial charge in [0, 0.05) is 0 Å². The van der Waals surface area contributed by atoms with Crippen molar-refractivity contribution in [2.75, 3.05) is 0 Å². The Morgan fingerprint density at radius 2 is 1.54 bits per heavy atom. The van der Waals surface area contributed by atoms with Crippen molar-refractivity contribution in [3.8, 4) is 0 Å². The predicted octanol–water partition coefficient (Wildman–Crippen LogP) is 4.67. The fourth-order valence-corrected chi connectivity index (χ4v) is 3.81. The molecule has 0 unspecified atom stereocenters. The van der Waals surface area contributed by atoms with Crippen LogP contribution in [0.2, 0.25) is 0 Å². The Morgan fingerprint density at radius 1 is 1.00 bits per heavy atom. The Morgan fingerprint density at radius 3 is 2.00 bits per heavy atom.